The summed E-state index contributed by atoms with van der Waals surface area (Å²) in [7, 11) is 0. The molecule has 1 aliphatic heterocycles. The first-order valence-corrected chi connectivity index (χ1v) is 7.51. The average Bonchev–Trinajstić information content (AvgIpc) is 3.10. The van der Waals surface area contributed by atoms with Gasteiger partial charge in [0.25, 0.3) is 5.95 Å². The van der Waals surface area contributed by atoms with Crippen LogP contribution >= 0.6 is 0 Å². The predicted octanol–water partition coefficient (Wildman–Crippen LogP) is 2.25. The van der Waals surface area contributed by atoms with Crippen LogP contribution in [0.25, 0.3) is 0 Å². The summed E-state index contributed by atoms with van der Waals surface area (Å²) in [6.07, 6.45) is 7.30. The molecule has 6 heteroatoms. The van der Waals surface area contributed by atoms with E-state index in [1.165, 1.54) is 6.42 Å². The zero-order chi connectivity index (χ0) is 14.0. The van der Waals surface area contributed by atoms with Crippen molar-refractivity contribution < 1.29 is 14.4 Å². The van der Waals surface area contributed by atoms with Crippen LogP contribution in [0, 0.1) is 5.41 Å². The third-order valence-corrected chi connectivity index (χ3v) is 4.60. The normalized spacial score (nSPS) is 22.1. The van der Waals surface area contributed by atoms with Crippen LogP contribution in [0.1, 0.15) is 50.8 Å². The lowest BCUT2D eigenvalue weighted by atomic mass is 9.83. The maximum atomic E-state index is 11.5. The maximum absolute atomic E-state index is 11.5. The number of aliphatic carboxylic acids is 1. The predicted molar refractivity (Wildman–Crippen MR) is 72.6 cm³/mol. The van der Waals surface area contributed by atoms with Crippen molar-refractivity contribution in [2.75, 3.05) is 18.0 Å². The fraction of sp³-hybridized carbons (Fsp3) is 0.786. The van der Waals surface area contributed by atoms with Crippen LogP contribution in [0.3, 0.4) is 0 Å². The second-order valence-electron chi connectivity index (χ2n) is 6.01. The maximum Gasteiger partial charge on any atom is 0.310 e. The Morgan fingerprint density at radius 1 is 1.20 bits per heavy atom. The molecule has 0 bridgehead atoms. The fourth-order valence-corrected chi connectivity index (χ4v) is 3.35. The van der Waals surface area contributed by atoms with Gasteiger partial charge in [0.2, 0.25) is 5.89 Å². The summed E-state index contributed by atoms with van der Waals surface area (Å²) in [5, 5.41) is 13.5. The van der Waals surface area contributed by atoms with Crippen molar-refractivity contribution in [1.82, 2.24) is 10.1 Å². The zero-order valence-electron chi connectivity index (χ0n) is 11.7. The Morgan fingerprint density at radius 2 is 1.90 bits per heavy atom. The van der Waals surface area contributed by atoms with Crippen molar-refractivity contribution in [3.8, 4) is 0 Å². The number of carboxylic acid groups (broad SMARTS) is 1. The molecule has 0 amide bonds. The minimum absolute atomic E-state index is 0.364. The number of carbonyl (C=O) groups is 1. The highest BCUT2D eigenvalue weighted by atomic mass is 16.5. The monoisotopic (exact) mass is 279 g/mol. The van der Waals surface area contributed by atoms with Crippen molar-refractivity contribution in [2.45, 2.75) is 51.4 Å². The number of nitrogens with zero attached hydrogens (tertiary/aromatic N) is 3. The molecule has 110 valence electrons. The number of carboxylic acids is 1. The van der Waals surface area contributed by atoms with Gasteiger partial charge in [-0.15, -0.1) is 0 Å². The molecule has 3 rings (SSSR count). The van der Waals surface area contributed by atoms with Gasteiger partial charge in [-0.1, -0.05) is 12.8 Å². The fourth-order valence-electron chi connectivity index (χ4n) is 3.35. The Bertz CT molecular complexity index is 474. The lowest BCUT2D eigenvalue weighted by Crippen LogP contribution is -2.31. The average molecular weight is 279 g/mol. The highest BCUT2D eigenvalue weighted by Crippen LogP contribution is 2.41. The van der Waals surface area contributed by atoms with E-state index in [0.717, 1.165) is 38.8 Å². The molecule has 0 aromatic carbocycles. The number of hydrogen-bond donors (Lipinski definition) is 1. The Balaban J connectivity index is 1.71. The van der Waals surface area contributed by atoms with E-state index in [9.17, 15) is 9.90 Å². The van der Waals surface area contributed by atoms with E-state index in [4.69, 9.17) is 4.52 Å². The van der Waals surface area contributed by atoms with Gasteiger partial charge in [-0.3, -0.25) is 4.79 Å². The molecule has 2 aliphatic rings. The number of anilines is 1. The summed E-state index contributed by atoms with van der Waals surface area (Å²) in [6.45, 7) is 1.92. The van der Waals surface area contributed by atoms with E-state index in [0.29, 0.717) is 31.1 Å². The van der Waals surface area contributed by atoms with Gasteiger partial charge < -0.3 is 14.5 Å². The molecular weight excluding hydrogens is 258 g/mol. The summed E-state index contributed by atoms with van der Waals surface area (Å²) >= 11 is 0. The van der Waals surface area contributed by atoms with Crippen molar-refractivity contribution >= 4 is 11.9 Å². The van der Waals surface area contributed by atoms with Crippen molar-refractivity contribution in [2.24, 2.45) is 5.41 Å². The number of aromatic nitrogens is 2. The molecule has 2 fully saturated rings. The van der Waals surface area contributed by atoms with Crippen molar-refractivity contribution in [3.05, 3.63) is 5.89 Å². The Labute approximate surface area is 118 Å². The first kappa shape index (κ1) is 13.4. The molecule has 1 aromatic rings. The van der Waals surface area contributed by atoms with E-state index in [1.807, 2.05) is 0 Å². The van der Waals surface area contributed by atoms with Gasteiger partial charge in [0.15, 0.2) is 0 Å². The van der Waals surface area contributed by atoms with E-state index in [2.05, 4.69) is 15.0 Å². The van der Waals surface area contributed by atoms with Crippen LogP contribution < -0.4 is 4.90 Å². The minimum Gasteiger partial charge on any atom is -0.481 e. The molecule has 1 saturated carbocycles. The highest BCUT2D eigenvalue weighted by molar-refractivity contribution is 5.75. The molecule has 20 heavy (non-hydrogen) atoms. The van der Waals surface area contributed by atoms with Crippen molar-refractivity contribution in [3.63, 3.8) is 0 Å². The van der Waals surface area contributed by atoms with Gasteiger partial charge >= 0.3 is 5.97 Å². The third kappa shape index (κ3) is 2.51. The Hall–Kier alpha value is -1.59. The largest absolute Gasteiger partial charge is 0.481 e. The lowest BCUT2D eigenvalue weighted by molar-refractivity contribution is -0.148. The van der Waals surface area contributed by atoms with E-state index in [1.54, 1.807) is 0 Å². The topological polar surface area (TPSA) is 79.5 Å². The van der Waals surface area contributed by atoms with Crippen LogP contribution in [0.4, 0.5) is 5.95 Å². The highest BCUT2D eigenvalue weighted by Gasteiger charge is 2.43. The first-order valence-electron chi connectivity index (χ1n) is 7.51. The first-order chi connectivity index (χ1) is 9.70. The van der Waals surface area contributed by atoms with E-state index < -0.39 is 11.4 Å². The summed E-state index contributed by atoms with van der Waals surface area (Å²) in [6, 6.07) is 0. The van der Waals surface area contributed by atoms with Crippen LogP contribution in [0.15, 0.2) is 4.52 Å². The molecule has 1 aromatic heterocycles. The van der Waals surface area contributed by atoms with Gasteiger partial charge in [0.05, 0.1) is 5.41 Å². The van der Waals surface area contributed by atoms with Crippen LogP contribution in [-0.2, 0) is 11.2 Å². The molecule has 2 heterocycles. The molecule has 0 unspecified atom stereocenters. The second-order valence-corrected chi connectivity index (χ2v) is 6.01. The number of rotatable bonds is 4. The van der Waals surface area contributed by atoms with Crippen molar-refractivity contribution in [1.29, 1.82) is 0 Å². The molecule has 0 radical (unpaired) electrons. The number of hydrogen-bond acceptors (Lipinski definition) is 5. The van der Waals surface area contributed by atoms with Gasteiger partial charge in [-0.05, 0) is 37.3 Å². The third-order valence-electron chi connectivity index (χ3n) is 4.60. The van der Waals surface area contributed by atoms with Gasteiger partial charge in [-0.2, -0.15) is 4.98 Å². The van der Waals surface area contributed by atoms with Crippen LogP contribution in [0.2, 0.25) is 0 Å². The van der Waals surface area contributed by atoms with Gasteiger partial charge in [-0.25, -0.2) is 0 Å². The molecule has 6 nitrogen and oxygen atoms in total. The lowest BCUT2D eigenvalue weighted by Gasteiger charge is -2.24. The summed E-state index contributed by atoms with van der Waals surface area (Å²) in [4.78, 5) is 18.1. The summed E-state index contributed by atoms with van der Waals surface area (Å²) in [5.41, 5.74) is -0.689. The summed E-state index contributed by atoms with van der Waals surface area (Å²) in [5.74, 6) is 0.362. The van der Waals surface area contributed by atoms with E-state index in [-0.39, 0.29) is 0 Å². The van der Waals surface area contributed by atoms with Gasteiger partial charge in [0.1, 0.15) is 0 Å². The zero-order valence-corrected chi connectivity index (χ0v) is 11.7. The summed E-state index contributed by atoms with van der Waals surface area (Å²) < 4.78 is 5.29. The molecule has 0 atom stereocenters. The minimum atomic E-state index is -0.729. The van der Waals surface area contributed by atoms with Crippen LogP contribution in [-0.4, -0.2) is 34.3 Å². The molecule has 1 N–H and O–H groups in total. The van der Waals surface area contributed by atoms with Gasteiger partial charge in [0, 0.05) is 19.5 Å². The standard InChI is InChI=1S/C14H21N3O3/c18-12(19)14(6-2-3-7-14)10-11-15-13(16-20-11)17-8-4-1-5-9-17/h1-10H2,(H,18,19). The molecule has 1 saturated heterocycles. The molecule has 1 aliphatic carbocycles. The number of piperidine rings is 1. The SMILES string of the molecule is O=C(O)C1(Cc2nc(N3CCCCC3)no2)CCCC1. The van der Waals surface area contributed by atoms with Crippen LogP contribution in [0.5, 0.6) is 0 Å². The Morgan fingerprint density at radius 3 is 2.55 bits per heavy atom. The Kier molecular flexibility index (Phi) is 3.63. The smallest absolute Gasteiger partial charge is 0.310 e. The molecular formula is C14H21N3O3. The van der Waals surface area contributed by atoms with E-state index >= 15 is 0 Å². The quantitative estimate of drug-likeness (QED) is 0.910. The second kappa shape index (κ2) is 5.42. The molecule has 0 spiro atoms.